The molecule has 3 nitrogen and oxygen atoms in total. The van der Waals surface area contributed by atoms with Crippen LogP contribution in [-0.2, 0) is 9.53 Å². The highest BCUT2D eigenvalue weighted by Gasteiger charge is 2.13. The van der Waals surface area contributed by atoms with Crippen LogP contribution in [0, 0.1) is 5.92 Å². The second-order valence-corrected chi connectivity index (χ2v) is 3.00. The fraction of sp³-hybridized carbons (Fsp3) is 0.875. The predicted octanol–water partition coefficient (Wildman–Crippen LogP) is 0.971. The molecule has 0 unspecified atom stereocenters. The Morgan fingerprint density at radius 2 is 2.08 bits per heavy atom. The summed E-state index contributed by atoms with van der Waals surface area (Å²) in [6.07, 6.45) is 2.26. The van der Waals surface area contributed by atoms with E-state index in [-0.39, 0.29) is 18.4 Å². The highest BCUT2D eigenvalue weighted by molar-refractivity contribution is 5.85. The molecule has 1 N–H and O–H groups in total. The van der Waals surface area contributed by atoms with E-state index in [1.165, 1.54) is 6.92 Å². The van der Waals surface area contributed by atoms with E-state index in [0.29, 0.717) is 12.5 Å². The quantitative estimate of drug-likeness (QED) is 0.665. The number of hydrogen-bond acceptors (Lipinski definition) is 3. The van der Waals surface area contributed by atoms with Gasteiger partial charge < -0.3 is 10.1 Å². The van der Waals surface area contributed by atoms with Crippen molar-refractivity contribution in [3.8, 4) is 0 Å². The standard InChI is InChI=1S/C8H15NO2.ClH/c1-7(10)11-6-8-2-4-9-5-3-8;/h8-9H,2-6H2,1H3;1H. The van der Waals surface area contributed by atoms with Gasteiger partial charge >= 0.3 is 5.97 Å². The maximum atomic E-state index is 10.4. The lowest BCUT2D eigenvalue weighted by Gasteiger charge is -2.21. The van der Waals surface area contributed by atoms with Gasteiger partial charge in [0.05, 0.1) is 6.61 Å². The van der Waals surface area contributed by atoms with Crippen LogP contribution in [-0.4, -0.2) is 25.7 Å². The van der Waals surface area contributed by atoms with E-state index >= 15 is 0 Å². The van der Waals surface area contributed by atoms with Crippen molar-refractivity contribution in [1.29, 1.82) is 0 Å². The molecule has 0 aliphatic carbocycles. The Morgan fingerprint density at radius 1 is 1.50 bits per heavy atom. The van der Waals surface area contributed by atoms with E-state index in [0.717, 1.165) is 25.9 Å². The van der Waals surface area contributed by atoms with Gasteiger partial charge in [0.2, 0.25) is 0 Å². The Bertz CT molecular complexity index is 135. The van der Waals surface area contributed by atoms with Gasteiger partial charge in [-0.05, 0) is 31.8 Å². The first kappa shape index (κ1) is 11.7. The van der Waals surface area contributed by atoms with Gasteiger partial charge in [-0.15, -0.1) is 12.4 Å². The van der Waals surface area contributed by atoms with Crippen LogP contribution < -0.4 is 5.32 Å². The monoisotopic (exact) mass is 193 g/mol. The molecule has 1 fully saturated rings. The molecule has 1 saturated heterocycles. The first-order valence-corrected chi connectivity index (χ1v) is 4.13. The number of piperidine rings is 1. The number of hydrogen-bond donors (Lipinski definition) is 1. The zero-order valence-corrected chi connectivity index (χ0v) is 8.15. The Kier molecular flexibility index (Phi) is 6.11. The van der Waals surface area contributed by atoms with E-state index in [1.54, 1.807) is 0 Å². The second kappa shape index (κ2) is 6.26. The highest BCUT2D eigenvalue weighted by Crippen LogP contribution is 2.11. The van der Waals surface area contributed by atoms with Gasteiger partial charge in [-0.3, -0.25) is 4.79 Å². The molecule has 0 radical (unpaired) electrons. The summed E-state index contributed by atoms with van der Waals surface area (Å²) in [6, 6.07) is 0. The SMILES string of the molecule is CC(=O)OCC1CCNCC1.Cl. The minimum atomic E-state index is -0.163. The van der Waals surface area contributed by atoms with Gasteiger partial charge in [0.1, 0.15) is 0 Å². The molecular weight excluding hydrogens is 178 g/mol. The number of carbonyl (C=O) groups is 1. The largest absolute Gasteiger partial charge is 0.466 e. The number of rotatable bonds is 2. The van der Waals surface area contributed by atoms with Crippen molar-refractivity contribution < 1.29 is 9.53 Å². The molecule has 0 atom stereocenters. The fourth-order valence-electron chi connectivity index (χ4n) is 1.28. The third kappa shape index (κ3) is 4.57. The lowest BCUT2D eigenvalue weighted by molar-refractivity contribution is -0.142. The van der Waals surface area contributed by atoms with Gasteiger partial charge in [0.15, 0.2) is 0 Å². The van der Waals surface area contributed by atoms with Crippen molar-refractivity contribution in [3.05, 3.63) is 0 Å². The molecular formula is C8H16ClNO2. The first-order chi connectivity index (χ1) is 5.29. The Hall–Kier alpha value is -0.280. The van der Waals surface area contributed by atoms with Crippen LogP contribution >= 0.6 is 12.4 Å². The minimum Gasteiger partial charge on any atom is -0.466 e. The summed E-state index contributed by atoms with van der Waals surface area (Å²) < 4.78 is 4.91. The van der Waals surface area contributed by atoms with Crippen molar-refractivity contribution in [2.24, 2.45) is 5.92 Å². The molecule has 1 heterocycles. The molecule has 0 bridgehead atoms. The smallest absolute Gasteiger partial charge is 0.302 e. The number of carbonyl (C=O) groups excluding carboxylic acids is 1. The summed E-state index contributed by atoms with van der Waals surface area (Å²) in [5.74, 6) is 0.420. The van der Waals surface area contributed by atoms with E-state index < -0.39 is 0 Å². The van der Waals surface area contributed by atoms with Gasteiger partial charge in [-0.25, -0.2) is 0 Å². The van der Waals surface area contributed by atoms with Gasteiger partial charge in [0, 0.05) is 6.92 Å². The van der Waals surface area contributed by atoms with E-state index in [4.69, 9.17) is 4.74 Å². The normalized spacial score (nSPS) is 18.1. The second-order valence-electron chi connectivity index (χ2n) is 3.00. The molecule has 12 heavy (non-hydrogen) atoms. The van der Waals surface area contributed by atoms with Crippen molar-refractivity contribution in [2.45, 2.75) is 19.8 Å². The van der Waals surface area contributed by atoms with Crippen LogP contribution in [0.25, 0.3) is 0 Å². The molecule has 0 aromatic heterocycles. The molecule has 1 rings (SSSR count). The zero-order valence-electron chi connectivity index (χ0n) is 7.34. The molecule has 72 valence electrons. The molecule has 1 aliphatic heterocycles. The summed E-state index contributed by atoms with van der Waals surface area (Å²) in [4.78, 5) is 10.4. The predicted molar refractivity (Wildman–Crippen MR) is 49.5 cm³/mol. The number of esters is 1. The summed E-state index contributed by atoms with van der Waals surface area (Å²) in [7, 11) is 0. The van der Waals surface area contributed by atoms with Gasteiger partial charge in [-0.2, -0.15) is 0 Å². The van der Waals surface area contributed by atoms with Crippen molar-refractivity contribution in [3.63, 3.8) is 0 Å². The lowest BCUT2D eigenvalue weighted by Crippen LogP contribution is -2.30. The van der Waals surface area contributed by atoms with Crippen LogP contribution in [0.4, 0.5) is 0 Å². The Balaban J connectivity index is 0.00000121. The van der Waals surface area contributed by atoms with Crippen LogP contribution in [0.3, 0.4) is 0 Å². The summed E-state index contributed by atoms with van der Waals surface area (Å²) in [5, 5.41) is 3.26. The molecule has 4 heteroatoms. The molecule has 0 saturated carbocycles. The Morgan fingerprint density at radius 3 is 2.58 bits per heavy atom. The molecule has 0 aromatic carbocycles. The number of halogens is 1. The topological polar surface area (TPSA) is 38.3 Å². The van der Waals surface area contributed by atoms with E-state index in [2.05, 4.69) is 5.32 Å². The molecule has 0 amide bonds. The van der Waals surface area contributed by atoms with E-state index in [1.807, 2.05) is 0 Å². The first-order valence-electron chi connectivity index (χ1n) is 4.13. The van der Waals surface area contributed by atoms with Crippen molar-refractivity contribution in [1.82, 2.24) is 5.32 Å². The molecule has 1 aliphatic rings. The van der Waals surface area contributed by atoms with Crippen LogP contribution in [0.1, 0.15) is 19.8 Å². The van der Waals surface area contributed by atoms with Gasteiger partial charge in [0.25, 0.3) is 0 Å². The molecule has 0 aromatic rings. The lowest BCUT2D eigenvalue weighted by atomic mass is 9.99. The Labute approximate surface area is 79.3 Å². The van der Waals surface area contributed by atoms with Crippen molar-refractivity contribution in [2.75, 3.05) is 19.7 Å². The zero-order chi connectivity index (χ0) is 8.10. The highest BCUT2D eigenvalue weighted by atomic mass is 35.5. The van der Waals surface area contributed by atoms with Crippen LogP contribution in [0.15, 0.2) is 0 Å². The average Bonchev–Trinajstić information content (AvgIpc) is 2.03. The number of nitrogens with one attached hydrogen (secondary N) is 1. The third-order valence-corrected chi connectivity index (χ3v) is 1.98. The number of ether oxygens (including phenoxy) is 1. The summed E-state index contributed by atoms with van der Waals surface area (Å²) >= 11 is 0. The summed E-state index contributed by atoms with van der Waals surface area (Å²) in [5.41, 5.74) is 0. The maximum Gasteiger partial charge on any atom is 0.302 e. The maximum absolute atomic E-state index is 10.4. The van der Waals surface area contributed by atoms with Gasteiger partial charge in [-0.1, -0.05) is 0 Å². The van der Waals surface area contributed by atoms with E-state index in [9.17, 15) is 4.79 Å². The van der Waals surface area contributed by atoms with Crippen molar-refractivity contribution >= 4 is 18.4 Å². The third-order valence-electron chi connectivity index (χ3n) is 1.98. The molecule has 0 spiro atoms. The van der Waals surface area contributed by atoms with Crippen LogP contribution in [0.5, 0.6) is 0 Å². The van der Waals surface area contributed by atoms with Crippen LogP contribution in [0.2, 0.25) is 0 Å². The average molecular weight is 194 g/mol. The summed E-state index contributed by atoms with van der Waals surface area (Å²) in [6.45, 7) is 4.19. The minimum absolute atomic E-state index is 0. The fourth-order valence-corrected chi connectivity index (χ4v) is 1.28.